The molecule has 1 amide bonds. The van der Waals surface area contributed by atoms with Crippen molar-refractivity contribution in [3.05, 3.63) is 24.3 Å². The third kappa shape index (κ3) is 3.43. The number of amides is 1. The first-order valence-corrected chi connectivity index (χ1v) is 9.91. The molecular weight excluding hydrogens is 304 g/mol. The van der Waals surface area contributed by atoms with E-state index in [1.54, 1.807) is 0 Å². The molecular formula is C19H26N2OS. The molecule has 2 saturated carbocycles. The Bertz CT molecular complexity index is 559. The zero-order valence-electron chi connectivity index (χ0n) is 13.6. The second-order valence-electron chi connectivity index (χ2n) is 7.41. The molecule has 1 atom stereocenters. The summed E-state index contributed by atoms with van der Waals surface area (Å²) in [6.45, 7) is 2.13. The highest BCUT2D eigenvalue weighted by Crippen LogP contribution is 2.58. The molecule has 23 heavy (non-hydrogen) atoms. The molecule has 3 aliphatic rings. The fraction of sp³-hybridized carbons (Fsp3) is 0.632. The van der Waals surface area contributed by atoms with Crippen LogP contribution in [0.3, 0.4) is 0 Å². The maximum absolute atomic E-state index is 12.5. The highest BCUT2D eigenvalue weighted by Gasteiger charge is 2.57. The van der Waals surface area contributed by atoms with Gasteiger partial charge in [0.25, 0.3) is 0 Å². The predicted octanol–water partition coefficient (Wildman–Crippen LogP) is 4.05. The van der Waals surface area contributed by atoms with Gasteiger partial charge >= 0.3 is 0 Å². The highest BCUT2D eigenvalue weighted by atomic mass is 32.2. The number of piperidine rings is 1. The highest BCUT2D eigenvalue weighted by molar-refractivity contribution is 8.00. The van der Waals surface area contributed by atoms with Crippen LogP contribution in [0, 0.1) is 11.3 Å². The van der Waals surface area contributed by atoms with E-state index in [1.165, 1.54) is 30.6 Å². The van der Waals surface area contributed by atoms with Crippen LogP contribution in [0.5, 0.6) is 0 Å². The van der Waals surface area contributed by atoms with Crippen molar-refractivity contribution in [2.45, 2.75) is 55.1 Å². The minimum Gasteiger partial charge on any atom is -0.326 e. The summed E-state index contributed by atoms with van der Waals surface area (Å²) in [6.07, 6.45) is 8.85. The van der Waals surface area contributed by atoms with Crippen LogP contribution in [-0.4, -0.2) is 24.2 Å². The van der Waals surface area contributed by atoms with Crippen LogP contribution in [0.1, 0.15) is 44.9 Å². The topological polar surface area (TPSA) is 41.1 Å². The average Bonchev–Trinajstić information content (AvgIpc) is 3.02. The SMILES string of the molecule is O=C(Nc1ccc(SC2CCCC2)cc1)C1CC12CCNCC2. The number of carbonyl (C=O) groups excluding carboxylic acids is 1. The molecule has 2 aliphatic carbocycles. The lowest BCUT2D eigenvalue weighted by Gasteiger charge is -2.23. The summed E-state index contributed by atoms with van der Waals surface area (Å²) < 4.78 is 0. The van der Waals surface area contributed by atoms with Crippen LogP contribution >= 0.6 is 11.8 Å². The number of nitrogens with one attached hydrogen (secondary N) is 2. The summed E-state index contributed by atoms with van der Waals surface area (Å²) in [4.78, 5) is 13.8. The summed E-state index contributed by atoms with van der Waals surface area (Å²) in [5.41, 5.74) is 1.26. The van der Waals surface area contributed by atoms with Crippen LogP contribution in [0.4, 0.5) is 5.69 Å². The summed E-state index contributed by atoms with van der Waals surface area (Å²) in [7, 11) is 0. The Morgan fingerprint density at radius 3 is 2.52 bits per heavy atom. The van der Waals surface area contributed by atoms with E-state index in [4.69, 9.17) is 0 Å². The molecule has 3 nitrogen and oxygen atoms in total. The fourth-order valence-corrected chi connectivity index (χ4v) is 5.49. The van der Waals surface area contributed by atoms with Crippen LogP contribution in [0.25, 0.3) is 0 Å². The normalized spacial score (nSPS) is 26.3. The Kier molecular flexibility index (Phi) is 4.37. The van der Waals surface area contributed by atoms with E-state index < -0.39 is 0 Å². The zero-order valence-corrected chi connectivity index (χ0v) is 14.5. The van der Waals surface area contributed by atoms with Gasteiger partial charge in [-0.05, 0) is 74.9 Å². The Hall–Kier alpha value is -1.00. The molecule has 0 bridgehead atoms. The van der Waals surface area contributed by atoms with E-state index in [2.05, 4.69) is 34.9 Å². The molecule has 1 saturated heterocycles. The second kappa shape index (κ2) is 6.48. The van der Waals surface area contributed by atoms with Crippen molar-refractivity contribution in [3.8, 4) is 0 Å². The van der Waals surface area contributed by atoms with Gasteiger partial charge in [0.05, 0.1) is 0 Å². The number of rotatable bonds is 4. The van der Waals surface area contributed by atoms with Crippen molar-refractivity contribution < 1.29 is 4.79 Å². The van der Waals surface area contributed by atoms with Gasteiger partial charge in [-0.15, -0.1) is 11.8 Å². The monoisotopic (exact) mass is 330 g/mol. The number of benzene rings is 1. The summed E-state index contributed by atoms with van der Waals surface area (Å²) in [6, 6.07) is 8.44. The Balaban J connectivity index is 1.31. The van der Waals surface area contributed by atoms with Gasteiger partial charge in [-0.1, -0.05) is 12.8 Å². The van der Waals surface area contributed by atoms with Gasteiger partial charge in [0.1, 0.15) is 0 Å². The number of hydrogen-bond acceptors (Lipinski definition) is 3. The minimum atomic E-state index is 0.225. The molecule has 1 aromatic carbocycles. The number of carbonyl (C=O) groups is 1. The van der Waals surface area contributed by atoms with Crippen LogP contribution in [-0.2, 0) is 4.79 Å². The van der Waals surface area contributed by atoms with Crippen molar-refractivity contribution in [1.29, 1.82) is 0 Å². The molecule has 1 aromatic rings. The Morgan fingerprint density at radius 1 is 1.13 bits per heavy atom. The molecule has 124 valence electrons. The average molecular weight is 330 g/mol. The van der Waals surface area contributed by atoms with Crippen molar-refractivity contribution in [3.63, 3.8) is 0 Å². The largest absolute Gasteiger partial charge is 0.326 e. The lowest BCUT2D eigenvalue weighted by Crippen LogP contribution is -2.31. The molecule has 0 aromatic heterocycles. The quantitative estimate of drug-likeness (QED) is 0.875. The lowest BCUT2D eigenvalue weighted by atomic mass is 9.92. The first-order valence-electron chi connectivity index (χ1n) is 9.04. The van der Waals surface area contributed by atoms with Crippen molar-refractivity contribution in [2.24, 2.45) is 11.3 Å². The standard InChI is InChI=1S/C19H26N2OS/c22-18(17-13-19(17)9-11-20-12-10-19)21-14-5-7-16(8-6-14)23-15-3-1-2-4-15/h5-8,15,17,20H,1-4,9-13H2,(H,21,22). The number of hydrogen-bond donors (Lipinski definition) is 2. The molecule has 1 aliphatic heterocycles. The van der Waals surface area contributed by atoms with E-state index in [1.807, 2.05) is 11.8 Å². The van der Waals surface area contributed by atoms with Crippen LogP contribution in [0.2, 0.25) is 0 Å². The first kappa shape index (κ1) is 15.5. The van der Waals surface area contributed by atoms with Gasteiger partial charge in [-0.25, -0.2) is 0 Å². The van der Waals surface area contributed by atoms with Gasteiger partial charge < -0.3 is 10.6 Å². The summed E-state index contributed by atoms with van der Waals surface area (Å²) in [5, 5.41) is 7.31. The van der Waals surface area contributed by atoms with Crippen molar-refractivity contribution >= 4 is 23.4 Å². The minimum absolute atomic E-state index is 0.225. The van der Waals surface area contributed by atoms with Crippen LogP contribution < -0.4 is 10.6 Å². The van der Waals surface area contributed by atoms with Gasteiger partial charge in [0, 0.05) is 21.8 Å². The molecule has 4 rings (SSSR count). The van der Waals surface area contributed by atoms with Gasteiger partial charge in [-0.2, -0.15) is 0 Å². The lowest BCUT2D eigenvalue weighted by molar-refractivity contribution is -0.118. The van der Waals surface area contributed by atoms with E-state index in [0.29, 0.717) is 5.41 Å². The molecule has 1 spiro atoms. The van der Waals surface area contributed by atoms with E-state index in [9.17, 15) is 4.79 Å². The Morgan fingerprint density at radius 2 is 1.83 bits per heavy atom. The summed E-state index contributed by atoms with van der Waals surface area (Å²) >= 11 is 2.00. The van der Waals surface area contributed by atoms with E-state index >= 15 is 0 Å². The summed E-state index contributed by atoms with van der Waals surface area (Å²) in [5.74, 6) is 0.459. The number of thioether (sulfide) groups is 1. The fourth-order valence-electron chi connectivity index (χ4n) is 4.24. The van der Waals surface area contributed by atoms with E-state index in [-0.39, 0.29) is 11.8 Å². The third-order valence-corrected chi connectivity index (χ3v) is 7.18. The zero-order chi connectivity index (χ0) is 15.7. The maximum atomic E-state index is 12.5. The molecule has 0 radical (unpaired) electrons. The molecule has 1 heterocycles. The van der Waals surface area contributed by atoms with Gasteiger partial charge in [0.2, 0.25) is 5.91 Å². The van der Waals surface area contributed by atoms with Crippen molar-refractivity contribution in [1.82, 2.24) is 5.32 Å². The predicted molar refractivity (Wildman–Crippen MR) is 95.8 cm³/mol. The molecule has 1 unspecified atom stereocenters. The van der Waals surface area contributed by atoms with E-state index in [0.717, 1.165) is 43.3 Å². The molecule has 4 heteroatoms. The Labute approximate surface area is 143 Å². The van der Waals surface area contributed by atoms with Crippen LogP contribution in [0.15, 0.2) is 29.2 Å². The van der Waals surface area contributed by atoms with Gasteiger partial charge in [-0.3, -0.25) is 4.79 Å². The van der Waals surface area contributed by atoms with Gasteiger partial charge in [0.15, 0.2) is 0 Å². The maximum Gasteiger partial charge on any atom is 0.228 e. The first-order chi connectivity index (χ1) is 11.3. The smallest absolute Gasteiger partial charge is 0.228 e. The van der Waals surface area contributed by atoms with Crippen molar-refractivity contribution in [2.75, 3.05) is 18.4 Å². The second-order valence-corrected chi connectivity index (χ2v) is 8.78. The molecule has 3 fully saturated rings. The molecule has 2 N–H and O–H groups in total. The third-order valence-electron chi connectivity index (χ3n) is 5.83. The number of anilines is 1.